The van der Waals surface area contributed by atoms with Gasteiger partial charge in [0, 0.05) is 9.79 Å². The van der Waals surface area contributed by atoms with Crippen LogP contribution in [0.1, 0.15) is 39.9 Å². The molecule has 0 saturated heterocycles. The van der Waals surface area contributed by atoms with Gasteiger partial charge in [-0.2, -0.15) is 0 Å². The zero-order chi connectivity index (χ0) is 14.8. The van der Waals surface area contributed by atoms with E-state index in [1.807, 2.05) is 6.07 Å². The second-order valence-electron chi connectivity index (χ2n) is 5.54. The summed E-state index contributed by atoms with van der Waals surface area (Å²) < 4.78 is 0. The Balaban J connectivity index is 1.97. The topological polar surface area (TPSA) is 37.3 Å². The highest BCUT2D eigenvalue weighted by Crippen LogP contribution is 2.34. The van der Waals surface area contributed by atoms with Gasteiger partial charge in [-0.05, 0) is 68.0 Å². The lowest BCUT2D eigenvalue weighted by molar-refractivity contribution is 0.0695. The summed E-state index contributed by atoms with van der Waals surface area (Å²) in [5.41, 5.74) is 3.98. The molecule has 1 aliphatic rings. The number of carboxylic acid groups (broad SMARTS) is 1. The summed E-state index contributed by atoms with van der Waals surface area (Å²) in [5.74, 6) is -0.806. The largest absolute Gasteiger partial charge is 0.478 e. The van der Waals surface area contributed by atoms with Crippen molar-refractivity contribution in [1.29, 1.82) is 0 Å². The van der Waals surface area contributed by atoms with Gasteiger partial charge in [-0.25, -0.2) is 4.79 Å². The number of aryl methyl sites for hydroxylation is 2. The summed E-state index contributed by atoms with van der Waals surface area (Å²) in [6.07, 6.45) is 4.15. The first-order chi connectivity index (χ1) is 10.1. The van der Waals surface area contributed by atoms with Crippen LogP contribution in [0.25, 0.3) is 0 Å². The average molecular weight is 298 g/mol. The van der Waals surface area contributed by atoms with Crippen LogP contribution in [-0.4, -0.2) is 11.1 Å². The van der Waals surface area contributed by atoms with Gasteiger partial charge < -0.3 is 5.11 Å². The van der Waals surface area contributed by atoms with Gasteiger partial charge in [0.05, 0.1) is 5.56 Å². The summed E-state index contributed by atoms with van der Waals surface area (Å²) in [6.45, 7) is 2.07. The molecule has 0 atom stereocenters. The van der Waals surface area contributed by atoms with Crippen LogP contribution in [0.2, 0.25) is 0 Å². The highest BCUT2D eigenvalue weighted by atomic mass is 32.2. The molecule has 2 aromatic rings. The first-order valence-corrected chi connectivity index (χ1v) is 8.09. The molecule has 1 N–H and O–H groups in total. The zero-order valence-electron chi connectivity index (χ0n) is 12.1. The molecule has 0 radical (unpaired) electrons. The molecular formula is C18H18O2S. The number of carbonyl (C=O) groups is 1. The van der Waals surface area contributed by atoms with Crippen LogP contribution < -0.4 is 0 Å². The summed E-state index contributed by atoms with van der Waals surface area (Å²) in [6, 6.07) is 12.3. The molecule has 2 aromatic carbocycles. The number of aromatic carboxylic acids is 1. The second kappa shape index (κ2) is 5.94. The van der Waals surface area contributed by atoms with Crippen LogP contribution >= 0.6 is 11.8 Å². The van der Waals surface area contributed by atoms with Gasteiger partial charge in [-0.1, -0.05) is 29.5 Å². The predicted molar refractivity (Wildman–Crippen MR) is 85.3 cm³/mol. The van der Waals surface area contributed by atoms with Crippen molar-refractivity contribution >= 4 is 17.7 Å². The van der Waals surface area contributed by atoms with Gasteiger partial charge >= 0.3 is 5.97 Å². The van der Waals surface area contributed by atoms with E-state index in [1.54, 1.807) is 11.8 Å². The number of hydrogen-bond donors (Lipinski definition) is 1. The van der Waals surface area contributed by atoms with Crippen LogP contribution in [0, 0.1) is 6.92 Å². The molecule has 0 amide bonds. The molecule has 0 bridgehead atoms. The molecule has 0 fully saturated rings. The first-order valence-electron chi connectivity index (χ1n) is 7.27. The van der Waals surface area contributed by atoms with Crippen molar-refractivity contribution in [2.45, 2.75) is 42.4 Å². The Morgan fingerprint density at radius 2 is 1.76 bits per heavy atom. The van der Waals surface area contributed by atoms with E-state index in [4.69, 9.17) is 0 Å². The molecular weight excluding hydrogens is 280 g/mol. The molecule has 2 nitrogen and oxygen atoms in total. The molecule has 0 aromatic heterocycles. The summed E-state index contributed by atoms with van der Waals surface area (Å²) in [5, 5.41) is 9.46. The third-order valence-electron chi connectivity index (χ3n) is 3.93. The third kappa shape index (κ3) is 3.13. The van der Waals surface area contributed by atoms with E-state index in [2.05, 4.69) is 37.3 Å². The molecule has 108 valence electrons. The maximum absolute atomic E-state index is 11.5. The lowest BCUT2D eigenvalue weighted by atomic mass is 9.88. The fourth-order valence-corrected chi connectivity index (χ4v) is 3.75. The Kier molecular flexibility index (Phi) is 4.02. The minimum absolute atomic E-state index is 0.488. The van der Waals surface area contributed by atoms with E-state index in [-0.39, 0.29) is 0 Å². The summed E-state index contributed by atoms with van der Waals surface area (Å²) in [7, 11) is 0. The van der Waals surface area contributed by atoms with E-state index in [0.29, 0.717) is 5.56 Å². The minimum Gasteiger partial charge on any atom is -0.478 e. The lowest BCUT2D eigenvalue weighted by Gasteiger charge is -2.19. The maximum atomic E-state index is 11.5. The number of carboxylic acids is 1. The smallest absolute Gasteiger partial charge is 0.336 e. The first kappa shape index (κ1) is 14.2. The van der Waals surface area contributed by atoms with Crippen LogP contribution in [0.5, 0.6) is 0 Å². The third-order valence-corrected chi connectivity index (χ3v) is 4.91. The van der Waals surface area contributed by atoms with E-state index >= 15 is 0 Å². The molecule has 0 unspecified atom stereocenters. The molecule has 0 heterocycles. The van der Waals surface area contributed by atoms with Crippen molar-refractivity contribution < 1.29 is 9.90 Å². The van der Waals surface area contributed by atoms with Crippen LogP contribution in [0.4, 0.5) is 0 Å². The Morgan fingerprint density at radius 1 is 1.05 bits per heavy atom. The zero-order valence-corrected chi connectivity index (χ0v) is 12.9. The molecule has 21 heavy (non-hydrogen) atoms. The van der Waals surface area contributed by atoms with Crippen molar-refractivity contribution in [3.63, 3.8) is 0 Å². The monoisotopic (exact) mass is 298 g/mol. The predicted octanol–water partition coefficient (Wildman–Crippen LogP) is 4.72. The highest BCUT2D eigenvalue weighted by molar-refractivity contribution is 7.99. The van der Waals surface area contributed by atoms with Gasteiger partial charge in [0.15, 0.2) is 0 Å². The van der Waals surface area contributed by atoms with Gasteiger partial charge in [-0.15, -0.1) is 0 Å². The molecule has 0 aliphatic heterocycles. The van der Waals surface area contributed by atoms with Gasteiger partial charge in [-0.3, -0.25) is 0 Å². The summed E-state index contributed by atoms with van der Waals surface area (Å²) in [4.78, 5) is 13.7. The van der Waals surface area contributed by atoms with Crippen LogP contribution in [0.3, 0.4) is 0 Å². The van der Waals surface area contributed by atoms with Crippen LogP contribution in [0.15, 0.2) is 46.2 Å². The van der Waals surface area contributed by atoms with E-state index < -0.39 is 5.97 Å². The number of rotatable bonds is 3. The lowest BCUT2D eigenvalue weighted by Crippen LogP contribution is -2.10. The minimum atomic E-state index is -0.806. The van der Waals surface area contributed by atoms with E-state index in [9.17, 15) is 9.90 Å². The van der Waals surface area contributed by atoms with Crippen molar-refractivity contribution in [1.82, 2.24) is 0 Å². The van der Waals surface area contributed by atoms with Crippen LogP contribution in [-0.2, 0) is 12.8 Å². The Labute approximate surface area is 129 Å². The fraction of sp³-hybridized carbons (Fsp3) is 0.278. The second-order valence-corrected chi connectivity index (χ2v) is 6.68. The number of fused-ring (bicyclic) bond motifs is 1. The standard InChI is InChI=1S/C18H18O2S/c1-12-6-8-14(9-7-12)21-15-10-13-4-2-3-5-16(13)17(11-15)18(19)20/h6-11H,2-5H2,1H3,(H,19,20). The maximum Gasteiger partial charge on any atom is 0.336 e. The van der Waals surface area contributed by atoms with Crippen molar-refractivity contribution in [2.75, 3.05) is 0 Å². The SMILES string of the molecule is Cc1ccc(Sc2cc3c(c(C(=O)O)c2)CCCC3)cc1. The number of hydrogen-bond acceptors (Lipinski definition) is 2. The van der Waals surface area contributed by atoms with Crippen molar-refractivity contribution in [3.05, 3.63) is 58.7 Å². The van der Waals surface area contributed by atoms with Crippen molar-refractivity contribution in [3.8, 4) is 0 Å². The van der Waals surface area contributed by atoms with E-state index in [0.717, 1.165) is 41.0 Å². The quantitative estimate of drug-likeness (QED) is 0.890. The molecule has 1 aliphatic carbocycles. The van der Waals surface area contributed by atoms with Gasteiger partial charge in [0.1, 0.15) is 0 Å². The molecule has 0 spiro atoms. The number of benzene rings is 2. The Bertz CT molecular complexity index is 674. The average Bonchev–Trinajstić information content (AvgIpc) is 2.48. The van der Waals surface area contributed by atoms with E-state index in [1.165, 1.54) is 11.1 Å². The van der Waals surface area contributed by atoms with Crippen molar-refractivity contribution in [2.24, 2.45) is 0 Å². The molecule has 3 rings (SSSR count). The fourth-order valence-electron chi connectivity index (χ4n) is 2.83. The normalized spacial score (nSPS) is 13.8. The molecule has 0 saturated carbocycles. The Hall–Kier alpha value is -1.74. The Morgan fingerprint density at radius 3 is 2.48 bits per heavy atom. The van der Waals surface area contributed by atoms with Gasteiger partial charge in [0.25, 0.3) is 0 Å². The molecule has 3 heteroatoms. The summed E-state index contributed by atoms with van der Waals surface area (Å²) >= 11 is 1.64. The van der Waals surface area contributed by atoms with Gasteiger partial charge in [0.2, 0.25) is 0 Å². The highest BCUT2D eigenvalue weighted by Gasteiger charge is 2.19.